The molecule has 0 aromatic heterocycles. The van der Waals surface area contributed by atoms with Crippen molar-refractivity contribution in [3.63, 3.8) is 0 Å². The molecule has 6 heteroatoms. The van der Waals surface area contributed by atoms with Crippen molar-refractivity contribution in [2.75, 3.05) is 10.6 Å². The number of benzene rings is 2. The van der Waals surface area contributed by atoms with Crippen LogP contribution in [0, 0.1) is 27.7 Å². The van der Waals surface area contributed by atoms with Crippen molar-refractivity contribution in [1.29, 1.82) is 0 Å². The number of aryl methyl sites for hydroxylation is 4. The topological polar surface area (TPSA) is 66.5 Å². The molecule has 0 radical (unpaired) electrons. The molecule has 0 saturated carbocycles. The molecule has 1 amide bonds. The molecule has 2 aromatic rings. The first-order valence-electron chi connectivity index (χ1n) is 9.89. The molecular formula is C23H32N2O3S. The predicted molar refractivity (Wildman–Crippen MR) is 120 cm³/mol. The van der Waals surface area contributed by atoms with E-state index in [1.807, 2.05) is 65.8 Å². The van der Waals surface area contributed by atoms with E-state index >= 15 is 0 Å². The maximum Gasteiger partial charge on any atom is 0.244 e. The van der Waals surface area contributed by atoms with Gasteiger partial charge < -0.3 is 5.32 Å². The number of hydrogen-bond acceptors (Lipinski definition) is 3. The van der Waals surface area contributed by atoms with E-state index in [0.717, 1.165) is 34.1 Å². The van der Waals surface area contributed by atoms with Gasteiger partial charge in [-0.3, -0.25) is 9.10 Å². The number of amides is 1. The molecule has 0 aliphatic carbocycles. The van der Waals surface area contributed by atoms with E-state index in [-0.39, 0.29) is 11.9 Å². The van der Waals surface area contributed by atoms with Crippen molar-refractivity contribution in [2.24, 2.45) is 0 Å². The van der Waals surface area contributed by atoms with Crippen molar-refractivity contribution >= 4 is 21.6 Å². The van der Waals surface area contributed by atoms with Crippen molar-refractivity contribution in [2.45, 2.75) is 60.0 Å². The Morgan fingerprint density at radius 3 is 2.17 bits per heavy atom. The van der Waals surface area contributed by atoms with Crippen molar-refractivity contribution in [3.8, 4) is 0 Å². The fourth-order valence-electron chi connectivity index (χ4n) is 3.62. The van der Waals surface area contributed by atoms with E-state index in [9.17, 15) is 13.2 Å². The molecule has 29 heavy (non-hydrogen) atoms. The molecule has 0 aliphatic heterocycles. The Bertz CT molecular complexity index is 999. The Hall–Kier alpha value is -2.34. The average Bonchev–Trinajstić information content (AvgIpc) is 2.60. The zero-order valence-electron chi connectivity index (χ0n) is 18.4. The molecule has 2 aromatic carbocycles. The van der Waals surface area contributed by atoms with Crippen LogP contribution in [0.5, 0.6) is 0 Å². The number of nitrogens with one attached hydrogen (secondary N) is 1. The Morgan fingerprint density at radius 2 is 1.66 bits per heavy atom. The normalized spacial score (nSPS) is 13.6. The molecule has 2 atom stereocenters. The van der Waals surface area contributed by atoms with Gasteiger partial charge in [-0.25, -0.2) is 8.42 Å². The quantitative estimate of drug-likeness (QED) is 0.730. The van der Waals surface area contributed by atoms with E-state index in [0.29, 0.717) is 12.1 Å². The second-order valence-electron chi connectivity index (χ2n) is 7.84. The molecule has 5 nitrogen and oxygen atoms in total. The highest BCUT2D eigenvalue weighted by atomic mass is 32.2. The number of rotatable bonds is 7. The van der Waals surface area contributed by atoms with Gasteiger partial charge in [-0.1, -0.05) is 36.8 Å². The van der Waals surface area contributed by atoms with Gasteiger partial charge in [0.05, 0.1) is 18.0 Å². The smallest absolute Gasteiger partial charge is 0.244 e. The molecule has 0 heterocycles. The van der Waals surface area contributed by atoms with Crippen LogP contribution in [0.4, 0.5) is 5.69 Å². The lowest BCUT2D eigenvalue weighted by molar-refractivity contribution is -0.122. The van der Waals surface area contributed by atoms with Gasteiger partial charge in [0.2, 0.25) is 15.9 Å². The summed E-state index contributed by atoms with van der Waals surface area (Å²) in [6, 6.07) is 10.5. The van der Waals surface area contributed by atoms with Crippen LogP contribution < -0.4 is 9.62 Å². The minimum Gasteiger partial charge on any atom is -0.348 e. The van der Waals surface area contributed by atoms with E-state index in [1.165, 1.54) is 4.31 Å². The summed E-state index contributed by atoms with van der Waals surface area (Å²) in [7, 11) is -3.65. The lowest BCUT2D eigenvalue weighted by Gasteiger charge is -2.31. The summed E-state index contributed by atoms with van der Waals surface area (Å²) in [5.41, 5.74) is 5.85. The molecule has 0 bridgehead atoms. The van der Waals surface area contributed by atoms with Crippen LogP contribution in [0.25, 0.3) is 0 Å². The zero-order valence-corrected chi connectivity index (χ0v) is 19.2. The van der Waals surface area contributed by atoms with Gasteiger partial charge >= 0.3 is 0 Å². The van der Waals surface area contributed by atoms with Crippen LogP contribution in [-0.2, 0) is 14.8 Å². The number of hydrogen-bond donors (Lipinski definition) is 1. The predicted octanol–water partition coefficient (Wildman–Crippen LogP) is 4.34. The van der Waals surface area contributed by atoms with Crippen LogP contribution >= 0.6 is 0 Å². The van der Waals surface area contributed by atoms with Crippen LogP contribution in [0.1, 0.15) is 54.1 Å². The average molecular weight is 417 g/mol. The van der Waals surface area contributed by atoms with Gasteiger partial charge in [0.25, 0.3) is 0 Å². The Kier molecular flexibility index (Phi) is 7.11. The lowest BCUT2D eigenvalue weighted by Crippen LogP contribution is -2.49. The third kappa shape index (κ3) is 5.38. The summed E-state index contributed by atoms with van der Waals surface area (Å²) in [5, 5.41) is 3.01. The van der Waals surface area contributed by atoms with Crippen LogP contribution in [-0.4, -0.2) is 26.6 Å². The van der Waals surface area contributed by atoms with Gasteiger partial charge in [-0.15, -0.1) is 0 Å². The molecule has 158 valence electrons. The minimum absolute atomic E-state index is 0.224. The SMILES string of the molecule is CC[C@H](C(=O)N[C@H](C)c1ccc(C)cc1C)N(c1ccc(C)c(C)c1)S(C)(=O)=O. The number of nitrogens with zero attached hydrogens (tertiary/aromatic N) is 1. The van der Waals surface area contributed by atoms with Gasteiger partial charge in [0.1, 0.15) is 6.04 Å². The lowest BCUT2D eigenvalue weighted by atomic mass is 10.00. The number of anilines is 1. The molecule has 0 fully saturated rings. The van der Waals surface area contributed by atoms with Gasteiger partial charge in [0.15, 0.2) is 0 Å². The van der Waals surface area contributed by atoms with Crippen LogP contribution in [0.2, 0.25) is 0 Å². The van der Waals surface area contributed by atoms with E-state index < -0.39 is 16.1 Å². The van der Waals surface area contributed by atoms with Gasteiger partial charge in [-0.05, 0) is 75.4 Å². The number of carbonyl (C=O) groups excluding carboxylic acids is 1. The van der Waals surface area contributed by atoms with Gasteiger partial charge in [-0.2, -0.15) is 0 Å². The third-order valence-electron chi connectivity index (χ3n) is 5.33. The molecule has 0 spiro atoms. The van der Waals surface area contributed by atoms with E-state index in [1.54, 1.807) is 6.07 Å². The van der Waals surface area contributed by atoms with Crippen LogP contribution in [0.3, 0.4) is 0 Å². The summed E-state index contributed by atoms with van der Waals surface area (Å²) in [4.78, 5) is 13.1. The molecular weight excluding hydrogens is 384 g/mol. The summed E-state index contributed by atoms with van der Waals surface area (Å²) in [5.74, 6) is -0.302. The molecule has 2 rings (SSSR count). The summed E-state index contributed by atoms with van der Waals surface area (Å²) in [6.45, 7) is 11.7. The van der Waals surface area contributed by atoms with E-state index in [2.05, 4.69) is 11.4 Å². The fraction of sp³-hybridized carbons (Fsp3) is 0.435. The monoisotopic (exact) mass is 416 g/mol. The second-order valence-corrected chi connectivity index (χ2v) is 9.70. The molecule has 0 saturated heterocycles. The Balaban J connectivity index is 2.36. The standard InChI is InChI=1S/C23H32N2O3S/c1-8-22(23(26)24-19(6)21-12-9-15(2)13-18(21)5)25(29(7,27)28)20-11-10-16(3)17(4)14-20/h9-14,19,22H,8H2,1-7H3,(H,24,26)/t19-,22-/m1/s1. The Morgan fingerprint density at radius 1 is 1.00 bits per heavy atom. The number of sulfonamides is 1. The summed E-state index contributed by atoms with van der Waals surface area (Å²) >= 11 is 0. The zero-order chi connectivity index (χ0) is 21.9. The number of carbonyl (C=O) groups is 1. The fourth-order valence-corrected chi connectivity index (χ4v) is 4.83. The first kappa shape index (κ1) is 22.9. The van der Waals surface area contributed by atoms with Crippen molar-refractivity contribution in [1.82, 2.24) is 5.32 Å². The highest BCUT2D eigenvalue weighted by Crippen LogP contribution is 2.26. The largest absolute Gasteiger partial charge is 0.348 e. The molecule has 0 aliphatic rings. The second kappa shape index (κ2) is 8.99. The first-order valence-corrected chi connectivity index (χ1v) is 11.7. The molecule has 1 N–H and O–H groups in total. The van der Waals surface area contributed by atoms with Crippen molar-refractivity contribution in [3.05, 3.63) is 64.2 Å². The summed E-state index contributed by atoms with van der Waals surface area (Å²) < 4.78 is 26.5. The van der Waals surface area contributed by atoms with E-state index in [4.69, 9.17) is 0 Å². The highest BCUT2D eigenvalue weighted by Gasteiger charge is 2.32. The maximum absolute atomic E-state index is 13.1. The third-order valence-corrected chi connectivity index (χ3v) is 6.51. The highest BCUT2D eigenvalue weighted by molar-refractivity contribution is 7.92. The maximum atomic E-state index is 13.1. The Labute approximate surface area is 175 Å². The van der Waals surface area contributed by atoms with Crippen molar-refractivity contribution < 1.29 is 13.2 Å². The first-order chi connectivity index (χ1) is 13.5. The van der Waals surface area contributed by atoms with Crippen LogP contribution in [0.15, 0.2) is 36.4 Å². The minimum atomic E-state index is -3.65. The van der Waals surface area contributed by atoms with Gasteiger partial charge in [0, 0.05) is 0 Å². The summed E-state index contributed by atoms with van der Waals surface area (Å²) in [6.07, 6.45) is 1.51. The molecule has 0 unspecified atom stereocenters.